The lowest BCUT2D eigenvalue weighted by Gasteiger charge is -2.07. The van der Waals surface area contributed by atoms with Crippen LogP contribution >= 0.6 is 0 Å². The number of ether oxygens (including phenoxy) is 1. The molecule has 4 aromatic rings. The summed E-state index contributed by atoms with van der Waals surface area (Å²) in [7, 11) is 4.62. The lowest BCUT2D eigenvalue weighted by Crippen LogP contribution is -2.39. The van der Waals surface area contributed by atoms with Gasteiger partial charge in [0, 0.05) is 19.7 Å². The zero-order chi connectivity index (χ0) is 21.6. The standard InChI is InChI=1S/C22H18N4O4/c1-5-10-26-20(27)17-19(25(3)22(26)29)23-18(24(17)2)15-8-6-14-12-16(21(28)30-4)9-7-13(14)11-15/h1,6-9,11-12H,10H2,2-4H3. The van der Waals surface area contributed by atoms with E-state index in [9.17, 15) is 14.4 Å². The number of nitrogens with zero attached hydrogens (tertiary/aromatic N) is 4. The van der Waals surface area contributed by atoms with Crippen molar-refractivity contribution < 1.29 is 9.53 Å². The Kier molecular flexibility index (Phi) is 4.51. The van der Waals surface area contributed by atoms with Crippen molar-refractivity contribution in [3.8, 4) is 23.7 Å². The molecule has 0 aliphatic carbocycles. The molecule has 0 atom stereocenters. The van der Waals surface area contributed by atoms with E-state index in [2.05, 4.69) is 10.9 Å². The van der Waals surface area contributed by atoms with Gasteiger partial charge in [-0.25, -0.2) is 19.1 Å². The second-order valence-corrected chi connectivity index (χ2v) is 6.87. The van der Waals surface area contributed by atoms with E-state index < -0.39 is 17.2 Å². The van der Waals surface area contributed by atoms with Crippen LogP contribution in [-0.2, 0) is 25.4 Å². The fourth-order valence-corrected chi connectivity index (χ4v) is 3.56. The summed E-state index contributed by atoms with van der Waals surface area (Å²) in [5, 5.41) is 1.76. The Labute approximate surface area is 171 Å². The Morgan fingerprint density at radius 1 is 1.10 bits per heavy atom. The van der Waals surface area contributed by atoms with Crippen LogP contribution in [0.4, 0.5) is 0 Å². The first-order valence-electron chi connectivity index (χ1n) is 9.09. The van der Waals surface area contributed by atoms with Crippen LogP contribution in [0.25, 0.3) is 33.3 Å². The van der Waals surface area contributed by atoms with Crippen LogP contribution in [0.5, 0.6) is 0 Å². The molecule has 0 aliphatic heterocycles. The molecular formula is C22H18N4O4. The number of hydrogen-bond donors (Lipinski definition) is 0. The van der Waals surface area contributed by atoms with Gasteiger partial charge in [0.2, 0.25) is 0 Å². The van der Waals surface area contributed by atoms with Crippen molar-refractivity contribution in [3.05, 3.63) is 62.8 Å². The maximum absolute atomic E-state index is 12.8. The smallest absolute Gasteiger partial charge is 0.337 e. The van der Waals surface area contributed by atoms with Crippen LogP contribution in [0.15, 0.2) is 46.0 Å². The van der Waals surface area contributed by atoms with E-state index >= 15 is 0 Å². The SMILES string of the molecule is C#CCn1c(=O)c2c(nc(-c3ccc4cc(C(=O)OC)ccc4c3)n2C)n(C)c1=O. The van der Waals surface area contributed by atoms with Gasteiger partial charge >= 0.3 is 11.7 Å². The number of methoxy groups -OCH3 is 1. The maximum atomic E-state index is 12.8. The third-order valence-corrected chi connectivity index (χ3v) is 5.13. The molecule has 2 aromatic carbocycles. The molecule has 4 rings (SSSR count). The van der Waals surface area contributed by atoms with Crippen molar-refractivity contribution in [2.45, 2.75) is 6.54 Å². The predicted octanol–water partition coefficient (Wildman–Crippen LogP) is 1.67. The maximum Gasteiger partial charge on any atom is 0.337 e. The van der Waals surface area contributed by atoms with E-state index in [1.807, 2.05) is 24.3 Å². The van der Waals surface area contributed by atoms with Gasteiger partial charge in [-0.1, -0.05) is 24.1 Å². The van der Waals surface area contributed by atoms with E-state index in [0.717, 1.165) is 20.9 Å². The molecule has 0 aliphatic rings. The lowest BCUT2D eigenvalue weighted by molar-refractivity contribution is 0.0601. The average Bonchev–Trinajstić information content (AvgIpc) is 3.11. The first kappa shape index (κ1) is 19.2. The van der Waals surface area contributed by atoms with Crippen LogP contribution in [-0.4, -0.2) is 31.8 Å². The molecule has 0 saturated heterocycles. The van der Waals surface area contributed by atoms with Crippen LogP contribution in [0.3, 0.4) is 0 Å². The van der Waals surface area contributed by atoms with Gasteiger partial charge in [0.1, 0.15) is 5.82 Å². The number of terminal acetylenes is 1. The number of carbonyl (C=O) groups is 1. The van der Waals surface area contributed by atoms with Crippen LogP contribution < -0.4 is 11.2 Å². The molecule has 0 radical (unpaired) electrons. The van der Waals surface area contributed by atoms with Crippen molar-refractivity contribution in [2.75, 3.05) is 7.11 Å². The van der Waals surface area contributed by atoms with Gasteiger partial charge in [-0.2, -0.15) is 0 Å². The molecule has 0 spiro atoms. The van der Waals surface area contributed by atoms with Gasteiger partial charge in [-0.15, -0.1) is 6.42 Å². The summed E-state index contributed by atoms with van der Waals surface area (Å²) in [5.41, 5.74) is 0.826. The zero-order valence-corrected chi connectivity index (χ0v) is 16.7. The summed E-state index contributed by atoms with van der Waals surface area (Å²) in [6, 6.07) is 10.9. The van der Waals surface area contributed by atoms with E-state index in [1.165, 1.54) is 11.7 Å². The predicted molar refractivity (Wildman–Crippen MR) is 113 cm³/mol. The van der Waals surface area contributed by atoms with Crippen LogP contribution in [0, 0.1) is 12.3 Å². The molecule has 8 heteroatoms. The fraction of sp³-hybridized carbons (Fsp3) is 0.182. The minimum atomic E-state index is -0.510. The van der Waals surface area contributed by atoms with Crippen molar-refractivity contribution in [1.29, 1.82) is 0 Å². The molecule has 2 heterocycles. The number of benzene rings is 2. The highest BCUT2D eigenvalue weighted by atomic mass is 16.5. The first-order chi connectivity index (χ1) is 14.4. The van der Waals surface area contributed by atoms with E-state index in [4.69, 9.17) is 11.2 Å². The summed E-state index contributed by atoms with van der Waals surface area (Å²) < 4.78 is 8.76. The highest BCUT2D eigenvalue weighted by Gasteiger charge is 2.19. The zero-order valence-electron chi connectivity index (χ0n) is 16.7. The largest absolute Gasteiger partial charge is 0.465 e. The van der Waals surface area contributed by atoms with E-state index in [-0.39, 0.29) is 12.2 Å². The minimum absolute atomic E-state index is 0.111. The molecular weight excluding hydrogens is 384 g/mol. The summed E-state index contributed by atoms with van der Waals surface area (Å²) in [4.78, 5) is 41.6. The van der Waals surface area contributed by atoms with Crippen molar-refractivity contribution >= 4 is 27.9 Å². The molecule has 2 aromatic heterocycles. The normalized spacial score (nSPS) is 11.0. The Morgan fingerprint density at radius 3 is 2.50 bits per heavy atom. The van der Waals surface area contributed by atoms with Crippen LogP contribution in [0.2, 0.25) is 0 Å². The number of aryl methyl sites for hydroxylation is 2. The molecule has 30 heavy (non-hydrogen) atoms. The number of rotatable bonds is 3. The number of aromatic nitrogens is 4. The topological polar surface area (TPSA) is 88.1 Å². The van der Waals surface area contributed by atoms with Gasteiger partial charge in [0.15, 0.2) is 11.2 Å². The van der Waals surface area contributed by atoms with Gasteiger partial charge in [0.05, 0.1) is 19.2 Å². The number of hydrogen-bond acceptors (Lipinski definition) is 5. The Morgan fingerprint density at radius 2 is 1.80 bits per heavy atom. The Hall–Kier alpha value is -4.12. The summed E-state index contributed by atoms with van der Waals surface area (Å²) >= 11 is 0. The molecule has 0 N–H and O–H groups in total. The second kappa shape index (κ2) is 7.04. The second-order valence-electron chi connectivity index (χ2n) is 6.87. The molecule has 150 valence electrons. The lowest BCUT2D eigenvalue weighted by atomic mass is 10.0. The van der Waals surface area contributed by atoms with E-state index in [1.54, 1.807) is 30.8 Å². The third kappa shape index (κ3) is 2.79. The molecule has 0 unspecified atom stereocenters. The van der Waals surface area contributed by atoms with Gasteiger partial charge in [-0.3, -0.25) is 9.36 Å². The van der Waals surface area contributed by atoms with Crippen molar-refractivity contribution in [3.63, 3.8) is 0 Å². The Balaban J connectivity index is 1.93. The molecule has 8 nitrogen and oxygen atoms in total. The minimum Gasteiger partial charge on any atom is -0.465 e. The molecule has 0 amide bonds. The van der Waals surface area contributed by atoms with Gasteiger partial charge in [-0.05, 0) is 29.0 Å². The summed E-state index contributed by atoms with van der Waals surface area (Å²) in [5.74, 6) is 2.47. The first-order valence-corrected chi connectivity index (χ1v) is 9.09. The number of fused-ring (bicyclic) bond motifs is 2. The highest BCUT2D eigenvalue weighted by molar-refractivity contribution is 5.96. The monoisotopic (exact) mass is 402 g/mol. The molecule has 0 bridgehead atoms. The van der Waals surface area contributed by atoms with Crippen LogP contribution in [0.1, 0.15) is 10.4 Å². The quantitative estimate of drug-likeness (QED) is 0.384. The highest BCUT2D eigenvalue weighted by Crippen LogP contribution is 2.26. The third-order valence-electron chi connectivity index (χ3n) is 5.13. The number of imidazole rings is 1. The van der Waals surface area contributed by atoms with Gasteiger partial charge < -0.3 is 9.30 Å². The number of esters is 1. The Bertz CT molecular complexity index is 1500. The average molecular weight is 402 g/mol. The van der Waals surface area contributed by atoms with Crippen molar-refractivity contribution in [1.82, 2.24) is 18.7 Å². The van der Waals surface area contributed by atoms with E-state index in [0.29, 0.717) is 16.9 Å². The number of carbonyl (C=O) groups excluding carboxylic acids is 1. The molecule has 0 saturated carbocycles. The fourth-order valence-electron chi connectivity index (χ4n) is 3.56. The van der Waals surface area contributed by atoms with Crippen molar-refractivity contribution in [2.24, 2.45) is 14.1 Å². The molecule has 0 fully saturated rings. The van der Waals surface area contributed by atoms with Gasteiger partial charge in [0.25, 0.3) is 5.56 Å². The summed E-state index contributed by atoms with van der Waals surface area (Å²) in [6.07, 6.45) is 5.31. The summed E-state index contributed by atoms with van der Waals surface area (Å²) in [6.45, 7) is -0.111.